The number of hydrogen-bond donors (Lipinski definition) is 0. The van der Waals surface area contributed by atoms with E-state index < -0.39 is 5.82 Å². The predicted molar refractivity (Wildman–Crippen MR) is 111 cm³/mol. The van der Waals surface area contributed by atoms with Gasteiger partial charge in [-0.25, -0.2) is 9.38 Å². The fraction of sp³-hybridized carbons (Fsp3) is 0.0476. The Kier molecular flexibility index (Phi) is 5.07. The molecule has 1 fully saturated rings. The van der Waals surface area contributed by atoms with E-state index in [-0.39, 0.29) is 11.6 Å². The molecule has 1 saturated heterocycles. The summed E-state index contributed by atoms with van der Waals surface area (Å²) in [7, 11) is 1.61. The average molecular weight is 413 g/mol. The molecule has 0 radical (unpaired) electrons. The standard InChI is InChI=1S/C21H14ClFN2O2S/c1-25-20(26)19(28-21(25)24-17-8-3-2-7-16(17)23)12-15-9-10-18(27-15)13-5-4-6-14(22)11-13/h2-12H,1H3/b19-12+,24-21?. The number of furan rings is 1. The third-order valence-electron chi connectivity index (χ3n) is 4.08. The number of amides is 1. The zero-order chi connectivity index (χ0) is 19.7. The molecule has 0 bridgehead atoms. The van der Waals surface area contributed by atoms with E-state index >= 15 is 0 Å². The van der Waals surface area contributed by atoms with Crippen LogP contribution in [0.1, 0.15) is 5.76 Å². The molecule has 1 aliphatic heterocycles. The van der Waals surface area contributed by atoms with Crippen molar-refractivity contribution in [1.29, 1.82) is 0 Å². The number of para-hydroxylation sites is 1. The van der Waals surface area contributed by atoms with Crippen LogP contribution in [0.5, 0.6) is 0 Å². The summed E-state index contributed by atoms with van der Waals surface area (Å²) in [5, 5.41) is 1.02. The highest BCUT2D eigenvalue weighted by atomic mass is 35.5. The average Bonchev–Trinajstić information content (AvgIpc) is 3.25. The first kappa shape index (κ1) is 18.5. The summed E-state index contributed by atoms with van der Waals surface area (Å²) in [6, 6.07) is 17.1. The Hall–Kier alpha value is -2.83. The van der Waals surface area contributed by atoms with Crippen LogP contribution >= 0.6 is 23.4 Å². The quantitative estimate of drug-likeness (QED) is 0.497. The van der Waals surface area contributed by atoms with E-state index in [1.807, 2.05) is 18.2 Å². The second-order valence-corrected chi connectivity index (χ2v) is 7.48. The van der Waals surface area contributed by atoms with Gasteiger partial charge in [0, 0.05) is 23.7 Å². The van der Waals surface area contributed by atoms with E-state index in [4.69, 9.17) is 16.0 Å². The Labute approximate surface area is 170 Å². The highest BCUT2D eigenvalue weighted by molar-refractivity contribution is 8.18. The summed E-state index contributed by atoms with van der Waals surface area (Å²) in [5.74, 6) is 0.525. The maximum atomic E-state index is 13.8. The molecule has 0 saturated carbocycles. The molecular weight excluding hydrogens is 399 g/mol. The van der Waals surface area contributed by atoms with Crippen molar-refractivity contribution >= 4 is 46.2 Å². The summed E-state index contributed by atoms with van der Waals surface area (Å²) in [4.78, 5) is 18.6. The highest BCUT2D eigenvalue weighted by Crippen LogP contribution is 2.34. The molecule has 0 spiro atoms. The van der Waals surface area contributed by atoms with Crippen molar-refractivity contribution in [2.75, 3.05) is 7.05 Å². The lowest BCUT2D eigenvalue weighted by Gasteiger charge is -2.07. The van der Waals surface area contributed by atoms with Crippen molar-refractivity contribution in [3.63, 3.8) is 0 Å². The number of carbonyl (C=O) groups excluding carboxylic acids is 1. The van der Waals surface area contributed by atoms with Crippen LogP contribution in [0.3, 0.4) is 0 Å². The maximum absolute atomic E-state index is 13.8. The van der Waals surface area contributed by atoms with Crippen LogP contribution in [0.25, 0.3) is 17.4 Å². The van der Waals surface area contributed by atoms with Crippen molar-refractivity contribution in [3.05, 3.63) is 82.2 Å². The molecule has 2 heterocycles. The van der Waals surface area contributed by atoms with Gasteiger partial charge in [-0.05, 0) is 48.2 Å². The smallest absolute Gasteiger partial charge is 0.266 e. The van der Waals surface area contributed by atoms with Gasteiger partial charge in [0.15, 0.2) is 5.17 Å². The lowest BCUT2D eigenvalue weighted by atomic mass is 10.2. The Morgan fingerprint density at radius 1 is 1.14 bits per heavy atom. The zero-order valence-electron chi connectivity index (χ0n) is 14.7. The number of thioether (sulfide) groups is 1. The number of rotatable bonds is 3. The van der Waals surface area contributed by atoms with Crippen LogP contribution in [0.2, 0.25) is 5.02 Å². The number of benzene rings is 2. The molecule has 1 aliphatic rings. The number of aliphatic imine (C=N–C) groups is 1. The fourth-order valence-electron chi connectivity index (χ4n) is 2.65. The number of hydrogen-bond acceptors (Lipinski definition) is 4. The van der Waals surface area contributed by atoms with Crippen LogP contribution in [-0.2, 0) is 4.79 Å². The van der Waals surface area contributed by atoms with Gasteiger partial charge in [-0.15, -0.1) is 0 Å². The Morgan fingerprint density at radius 2 is 1.96 bits per heavy atom. The van der Waals surface area contributed by atoms with E-state index in [1.165, 1.54) is 22.7 Å². The first-order valence-electron chi connectivity index (χ1n) is 8.38. The summed E-state index contributed by atoms with van der Waals surface area (Å²) in [5.41, 5.74) is 1.04. The molecule has 0 N–H and O–H groups in total. The van der Waals surface area contributed by atoms with Crippen LogP contribution in [0.4, 0.5) is 10.1 Å². The Morgan fingerprint density at radius 3 is 2.75 bits per heavy atom. The second kappa shape index (κ2) is 7.66. The molecule has 4 nitrogen and oxygen atoms in total. The molecule has 1 aromatic heterocycles. The molecule has 2 aromatic carbocycles. The maximum Gasteiger partial charge on any atom is 0.266 e. The van der Waals surface area contributed by atoms with Crippen molar-refractivity contribution in [1.82, 2.24) is 4.90 Å². The molecular formula is C21H14ClFN2O2S. The minimum absolute atomic E-state index is 0.187. The molecule has 7 heteroatoms. The number of likely N-dealkylation sites (N-methyl/N-ethyl adjacent to an activating group) is 1. The zero-order valence-corrected chi connectivity index (χ0v) is 16.3. The normalized spacial score (nSPS) is 17.1. The predicted octanol–water partition coefficient (Wildman–Crippen LogP) is 5.97. The number of amidine groups is 1. The van der Waals surface area contributed by atoms with Crippen molar-refractivity contribution in [2.24, 2.45) is 4.99 Å². The second-order valence-electron chi connectivity index (χ2n) is 6.03. The Bertz CT molecular complexity index is 1120. The summed E-state index contributed by atoms with van der Waals surface area (Å²) in [6.07, 6.45) is 1.65. The van der Waals surface area contributed by atoms with Crippen LogP contribution in [0.15, 0.2) is 75.0 Å². The largest absolute Gasteiger partial charge is 0.457 e. The first-order valence-corrected chi connectivity index (χ1v) is 9.57. The van der Waals surface area contributed by atoms with Gasteiger partial charge in [0.05, 0.1) is 4.91 Å². The van der Waals surface area contributed by atoms with Gasteiger partial charge in [0.2, 0.25) is 0 Å². The van der Waals surface area contributed by atoms with E-state index in [1.54, 1.807) is 49.5 Å². The molecule has 0 atom stereocenters. The third kappa shape index (κ3) is 3.74. The number of halogens is 2. The molecule has 3 aromatic rings. The minimum Gasteiger partial charge on any atom is -0.457 e. The van der Waals surface area contributed by atoms with E-state index in [9.17, 15) is 9.18 Å². The van der Waals surface area contributed by atoms with Gasteiger partial charge >= 0.3 is 0 Å². The summed E-state index contributed by atoms with van der Waals surface area (Å²) < 4.78 is 19.7. The molecule has 1 amide bonds. The fourth-order valence-corrected chi connectivity index (χ4v) is 3.80. The third-order valence-corrected chi connectivity index (χ3v) is 5.38. The lowest BCUT2D eigenvalue weighted by Crippen LogP contribution is -2.23. The first-order chi connectivity index (χ1) is 13.5. The van der Waals surface area contributed by atoms with Crippen molar-refractivity contribution in [3.8, 4) is 11.3 Å². The van der Waals surface area contributed by atoms with Crippen LogP contribution in [-0.4, -0.2) is 23.0 Å². The van der Waals surface area contributed by atoms with Gasteiger partial charge < -0.3 is 4.42 Å². The van der Waals surface area contributed by atoms with E-state index in [0.717, 1.165) is 5.56 Å². The molecule has 140 valence electrons. The van der Waals surface area contributed by atoms with E-state index in [0.29, 0.717) is 26.6 Å². The van der Waals surface area contributed by atoms with Gasteiger partial charge in [0.25, 0.3) is 5.91 Å². The lowest BCUT2D eigenvalue weighted by molar-refractivity contribution is -0.121. The van der Waals surface area contributed by atoms with E-state index in [2.05, 4.69) is 4.99 Å². The topological polar surface area (TPSA) is 45.8 Å². The number of carbonyl (C=O) groups is 1. The number of nitrogens with zero attached hydrogens (tertiary/aromatic N) is 2. The van der Waals surface area contributed by atoms with Gasteiger partial charge in [-0.1, -0.05) is 35.9 Å². The SMILES string of the molecule is CN1C(=O)/C(=C\c2ccc(-c3cccc(Cl)c3)o2)SC1=Nc1ccccc1F. The monoisotopic (exact) mass is 412 g/mol. The van der Waals surface area contributed by atoms with Gasteiger partial charge in [0.1, 0.15) is 23.0 Å². The van der Waals surface area contributed by atoms with Crippen LogP contribution < -0.4 is 0 Å². The molecule has 4 rings (SSSR count). The van der Waals surface area contributed by atoms with Crippen molar-refractivity contribution < 1.29 is 13.6 Å². The highest BCUT2D eigenvalue weighted by Gasteiger charge is 2.31. The van der Waals surface area contributed by atoms with Gasteiger partial charge in [-0.3, -0.25) is 9.69 Å². The van der Waals surface area contributed by atoms with Crippen molar-refractivity contribution in [2.45, 2.75) is 0 Å². The Balaban J connectivity index is 1.61. The summed E-state index contributed by atoms with van der Waals surface area (Å²) in [6.45, 7) is 0. The molecule has 0 unspecified atom stereocenters. The summed E-state index contributed by atoms with van der Waals surface area (Å²) >= 11 is 7.19. The van der Waals surface area contributed by atoms with Gasteiger partial charge in [-0.2, -0.15) is 0 Å². The molecule has 0 aliphatic carbocycles. The molecule has 28 heavy (non-hydrogen) atoms. The minimum atomic E-state index is -0.439. The van der Waals surface area contributed by atoms with Crippen LogP contribution in [0, 0.1) is 5.82 Å².